The smallest absolute Gasteiger partial charge is 0.106 e. The summed E-state index contributed by atoms with van der Waals surface area (Å²) in [5, 5.41) is 21.4. The van der Waals surface area contributed by atoms with Crippen molar-refractivity contribution in [2.75, 3.05) is 13.2 Å². The van der Waals surface area contributed by atoms with Crippen LogP contribution in [0.15, 0.2) is 0 Å². The van der Waals surface area contributed by atoms with Crippen molar-refractivity contribution < 1.29 is 5.11 Å². The van der Waals surface area contributed by atoms with Crippen LogP contribution < -0.4 is 5.32 Å². The van der Waals surface area contributed by atoms with E-state index < -0.39 is 0 Å². The average molecular weight is 224 g/mol. The van der Waals surface area contributed by atoms with E-state index in [0.29, 0.717) is 12.5 Å². The predicted molar refractivity (Wildman–Crippen MR) is 64.8 cm³/mol. The standard InChI is InChI=1S/C13H24N2O/c1-11(2)12-4-3-6-13(10-14,7-5-12)15-8-9-16/h11-12,15-16H,3-9H2,1-2H3. The fraction of sp³-hybridized carbons (Fsp3) is 0.923. The highest BCUT2D eigenvalue weighted by Gasteiger charge is 2.33. The number of nitriles is 1. The largest absolute Gasteiger partial charge is 0.395 e. The SMILES string of the molecule is CC(C)C1CCCC(C#N)(NCCO)CC1. The van der Waals surface area contributed by atoms with Gasteiger partial charge in [-0.05, 0) is 31.1 Å². The molecule has 3 heteroatoms. The molecule has 1 aliphatic rings. The molecule has 1 fully saturated rings. The van der Waals surface area contributed by atoms with Gasteiger partial charge in [-0.1, -0.05) is 26.7 Å². The van der Waals surface area contributed by atoms with E-state index in [1.165, 1.54) is 6.42 Å². The number of hydrogen-bond donors (Lipinski definition) is 2. The Morgan fingerprint density at radius 3 is 2.75 bits per heavy atom. The van der Waals surface area contributed by atoms with Gasteiger partial charge < -0.3 is 5.11 Å². The third-order valence-corrected chi connectivity index (χ3v) is 3.85. The Hall–Kier alpha value is -0.590. The molecule has 0 aromatic heterocycles. The maximum atomic E-state index is 9.32. The lowest BCUT2D eigenvalue weighted by molar-refractivity contribution is 0.260. The minimum absolute atomic E-state index is 0.108. The summed E-state index contributed by atoms with van der Waals surface area (Å²) in [6.07, 6.45) is 5.33. The molecule has 0 bridgehead atoms. The van der Waals surface area contributed by atoms with Gasteiger partial charge in [0, 0.05) is 6.54 Å². The van der Waals surface area contributed by atoms with Gasteiger partial charge in [0.25, 0.3) is 0 Å². The molecule has 16 heavy (non-hydrogen) atoms. The summed E-state index contributed by atoms with van der Waals surface area (Å²) < 4.78 is 0. The third-order valence-electron chi connectivity index (χ3n) is 3.85. The fourth-order valence-electron chi connectivity index (χ4n) is 2.66. The number of nitrogens with one attached hydrogen (secondary N) is 1. The lowest BCUT2D eigenvalue weighted by atomic mass is 9.87. The summed E-state index contributed by atoms with van der Waals surface area (Å²) in [6, 6.07) is 2.43. The molecule has 1 saturated carbocycles. The zero-order valence-corrected chi connectivity index (χ0v) is 10.5. The molecule has 0 radical (unpaired) electrons. The van der Waals surface area contributed by atoms with Crippen LogP contribution in [0.1, 0.15) is 46.0 Å². The van der Waals surface area contributed by atoms with Gasteiger partial charge in [-0.15, -0.1) is 0 Å². The number of aliphatic hydroxyl groups excluding tert-OH is 1. The molecule has 92 valence electrons. The van der Waals surface area contributed by atoms with E-state index in [1.54, 1.807) is 0 Å². The summed E-state index contributed by atoms with van der Waals surface area (Å²) >= 11 is 0. The molecule has 2 atom stereocenters. The maximum absolute atomic E-state index is 9.32. The minimum Gasteiger partial charge on any atom is -0.395 e. The van der Waals surface area contributed by atoms with Crippen molar-refractivity contribution in [3.8, 4) is 6.07 Å². The third kappa shape index (κ3) is 3.47. The predicted octanol–water partition coefficient (Wildman–Crippen LogP) is 2.07. The first-order chi connectivity index (χ1) is 7.63. The molecule has 0 heterocycles. The lowest BCUT2D eigenvalue weighted by Gasteiger charge is -2.26. The highest BCUT2D eigenvalue weighted by atomic mass is 16.3. The lowest BCUT2D eigenvalue weighted by Crippen LogP contribution is -2.44. The van der Waals surface area contributed by atoms with Crippen LogP contribution in [-0.2, 0) is 0 Å². The van der Waals surface area contributed by atoms with Crippen molar-refractivity contribution in [3.05, 3.63) is 0 Å². The van der Waals surface area contributed by atoms with Crippen molar-refractivity contribution >= 4 is 0 Å². The maximum Gasteiger partial charge on any atom is 0.106 e. The van der Waals surface area contributed by atoms with Gasteiger partial charge in [0.1, 0.15) is 5.54 Å². The molecule has 1 aliphatic carbocycles. The number of β-amino-alcohol motifs (C(OH)–C–C–N with tert-alkyl or cyclic N) is 1. The van der Waals surface area contributed by atoms with Gasteiger partial charge >= 0.3 is 0 Å². The second kappa shape index (κ2) is 6.22. The summed E-state index contributed by atoms with van der Waals surface area (Å²) in [5.41, 5.74) is -0.383. The molecule has 0 spiro atoms. The molecule has 2 N–H and O–H groups in total. The molecule has 1 rings (SSSR count). The number of hydrogen-bond acceptors (Lipinski definition) is 3. The first-order valence-corrected chi connectivity index (χ1v) is 6.41. The van der Waals surface area contributed by atoms with Gasteiger partial charge in [-0.2, -0.15) is 5.26 Å². The van der Waals surface area contributed by atoms with E-state index in [-0.39, 0.29) is 12.1 Å². The molecule has 0 aliphatic heterocycles. The van der Waals surface area contributed by atoms with Crippen molar-refractivity contribution in [2.24, 2.45) is 11.8 Å². The molecule has 0 saturated heterocycles. The van der Waals surface area contributed by atoms with Crippen LogP contribution in [0.5, 0.6) is 0 Å². The van der Waals surface area contributed by atoms with E-state index in [9.17, 15) is 5.26 Å². The average Bonchev–Trinajstić information content (AvgIpc) is 2.49. The highest BCUT2D eigenvalue weighted by Crippen LogP contribution is 2.33. The Morgan fingerprint density at radius 2 is 2.19 bits per heavy atom. The van der Waals surface area contributed by atoms with E-state index in [2.05, 4.69) is 25.2 Å². The Kier molecular flexibility index (Phi) is 5.24. The van der Waals surface area contributed by atoms with Crippen LogP contribution in [0.3, 0.4) is 0 Å². The Bertz CT molecular complexity index is 247. The molecular formula is C13H24N2O. The van der Waals surface area contributed by atoms with Crippen LogP contribution in [0.4, 0.5) is 0 Å². The molecule has 0 aromatic rings. The molecule has 0 amide bonds. The van der Waals surface area contributed by atoms with Gasteiger partial charge in [-0.25, -0.2) is 0 Å². The van der Waals surface area contributed by atoms with Crippen molar-refractivity contribution in [2.45, 2.75) is 51.5 Å². The highest BCUT2D eigenvalue weighted by molar-refractivity contribution is 5.08. The van der Waals surface area contributed by atoms with E-state index in [0.717, 1.165) is 31.6 Å². The van der Waals surface area contributed by atoms with Crippen LogP contribution >= 0.6 is 0 Å². The molecule has 0 aromatic carbocycles. The van der Waals surface area contributed by atoms with E-state index in [1.807, 2.05) is 0 Å². The first kappa shape index (κ1) is 13.5. The molecular weight excluding hydrogens is 200 g/mol. The topological polar surface area (TPSA) is 56.0 Å². The minimum atomic E-state index is -0.383. The second-order valence-corrected chi connectivity index (χ2v) is 5.28. The molecule has 2 unspecified atom stereocenters. The monoisotopic (exact) mass is 224 g/mol. The summed E-state index contributed by atoms with van der Waals surface area (Å²) in [5.74, 6) is 1.47. The zero-order valence-electron chi connectivity index (χ0n) is 10.5. The zero-order chi connectivity index (χ0) is 12.0. The normalized spacial score (nSPS) is 31.1. The van der Waals surface area contributed by atoms with Gasteiger partial charge in [0.05, 0.1) is 12.7 Å². The fourth-order valence-corrected chi connectivity index (χ4v) is 2.66. The quantitative estimate of drug-likeness (QED) is 0.719. The van der Waals surface area contributed by atoms with Crippen molar-refractivity contribution in [1.82, 2.24) is 5.32 Å². The summed E-state index contributed by atoms with van der Waals surface area (Å²) in [6.45, 7) is 5.17. The van der Waals surface area contributed by atoms with Crippen LogP contribution in [0.25, 0.3) is 0 Å². The molecule has 3 nitrogen and oxygen atoms in total. The van der Waals surface area contributed by atoms with Crippen LogP contribution in [0.2, 0.25) is 0 Å². The van der Waals surface area contributed by atoms with Crippen molar-refractivity contribution in [1.29, 1.82) is 5.26 Å². The van der Waals surface area contributed by atoms with Gasteiger partial charge in [0.2, 0.25) is 0 Å². The Labute approximate surface area is 98.8 Å². The van der Waals surface area contributed by atoms with E-state index >= 15 is 0 Å². The van der Waals surface area contributed by atoms with Crippen LogP contribution in [0, 0.1) is 23.2 Å². The number of rotatable bonds is 4. The first-order valence-electron chi connectivity index (χ1n) is 6.41. The Balaban J connectivity index is 2.58. The van der Waals surface area contributed by atoms with Crippen molar-refractivity contribution in [3.63, 3.8) is 0 Å². The van der Waals surface area contributed by atoms with Gasteiger partial charge in [-0.3, -0.25) is 5.32 Å². The summed E-state index contributed by atoms with van der Waals surface area (Å²) in [7, 11) is 0. The van der Waals surface area contributed by atoms with Crippen LogP contribution in [-0.4, -0.2) is 23.8 Å². The number of aliphatic hydroxyl groups is 1. The number of nitrogens with zero attached hydrogens (tertiary/aromatic N) is 1. The second-order valence-electron chi connectivity index (χ2n) is 5.28. The Morgan fingerprint density at radius 1 is 1.44 bits per heavy atom. The summed E-state index contributed by atoms with van der Waals surface area (Å²) in [4.78, 5) is 0. The van der Waals surface area contributed by atoms with Gasteiger partial charge in [0.15, 0.2) is 0 Å². The van der Waals surface area contributed by atoms with E-state index in [4.69, 9.17) is 5.11 Å².